The monoisotopic (exact) mass is 528 g/mol. The van der Waals surface area contributed by atoms with Crippen LogP contribution in [-0.4, -0.2) is 66.2 Å². The van der Waals surface area contributed by atoms with Crippen LogP contribution < -0.4 is 9.80 Å². The fourth-order valence-corrected chi connectivity index (χ4v) is 5.53. The molecule has 184 valence electrons. The number of likely N-dealkylation sites (N-methyl/N-ethyl adjacent to an activating group) is 1. The fraction of sp³-hybridized carbons (Fsp3) is 0.308. The molecule has 2 aromatic carbocycles. The van der Waals surface area contributed by atoms with Crippen molar-refractivity contribution >= 4 is 58.2 Å². The number of para-hydroxylation sites is 3. The van der Waals surface area contributed by atoms with Crippen molar-refractivity contribution in [3.63, 3.8) is 0 Å². The second-order valence-corrected chi connectivity index (χ2v) is 9.87. The molecule has 2 aromatic heterocycles. The number of piperazine rings is 1. The Labute approximate surface area is 222 Å². The van der Waals surface area contributed by atoms with Gasteiger partial charge in [-0.1, -0.05) is 53.7 Å². The number of aromatic amines is 1. The van der Waals surface area contributed by atoms with Crippen molar-refractivity contribution in [3.8, 4) is 0 Å². The zero-order chi connectivity index (χ0) is 23.3. The summed E-state index contributed by atoms with van der Waals surface area (Å²) in [5, 5.41) is 1.61. The molecule has 0 saturated carbocycles. The van der Waals surface area contributed by atoms with Gasteiger partial charge in [0.15, 0.2) is 5.16 Å². The van der Waals surface area contributed by atoms with Crippen LogP contribution in [0, 0.1) is 0 Å². The number of imidazole rings is 1. The fourth-order valence-electron chi connectivity index (χ4n) is 4.29. The zero-order valence-electron chi connectivity index (χ0n) is 19.7. The number of halogens is 2. The van der Waals surface area contributed by atoms with Crippen LogP contribution in [0.15, 0.2) is 72.0 Å². The average molecular weight is 530 g/mol. The molecule has 9 heteroatoms. The van der Waals surface area contributed by atoms with Crippen molar-refractivity contribution in [1.82, 2.24) is 19.9 Å². The topological polar surface area (TPSA) is 51.3 Å². The lowest BCUT2D eigenvalue weighted by Crippen LogP contribution is -2.48. The second-order valence-electron chi connectivity index (χ2n) is 8.52. The highest BCUT2D eigenvalue weighted by molar-refractivity contribution is 7.98. The van der Waals surface area contributed by atoms with Crippen LogP contribution in [0.5, 0.6) is 0 Å². The number of pyridine rings is 1. The number of hydrogen-bond donors (Lipinski definition) is 1. The molecule has 0 radical (unpaired) electrons. The van der Waals surface area contributed by atoms with Gasteiger partial charge < -0.3 is 14.8 Å². The van der Waals surface area contributed by atoms with Gasteiger partial charge in [-0.15, -0.1) is 12.4 Å². The summed E-state index contributed by atoms with van der Waals surface area (Å²) < 4.78 is 0. The van der Waals surface area contributed by atoms with E-state index in [1.165, 1.54) is 5.69 Å². The van der Waals surface area contributed by atoms with Crippen LogP contribution in [0.3, 0.4) is 0 Å². The third-order valence-electron chi connectivity index (χ3n) is 6.31. The first-order valence-corrected chi connectivity index (χ1v) is 13.0. The van der Waals surface area contributed by atoms with Gasteiger partial charge in [0.05, 0.1) is 27.4 Å². The van der Waals surface area contributed by atoms with Crippen LogP contribution in [-0.2, 0) is 5.75 Å². The SMILES string of the molecule is CN(CCN1CCN(c2ccccc2)CC1)c1ccnc(CSc2nc3ccccc3[nH]2)c1Cl.Cl. The Hall–Kier alpha value is -2.45. The van der Waals surface area contributed by atoms with Crippen molar-refractivity contribution < 1.29 is 0 Å². The molecule has 1 fully saturated rings. The van der Waals surface area contributed by atoms with Crippen molar-refractivity contribution in [2.45, 2.75) is 10.9 Å². The van der Waals surface area contributed by atoms with Crippen LogP contribution in [0.4, 0.5) is 11.4 Å². The van der Waals surface area contributed by atoms with Crippen molar-refractivity contribution in [1.29, 1.82) is 0 Å². The van der Waals surface area contributed by atoms with Crippen molar-refractivity contribution in [2.75, 3.05) is 56.1 Å². The quantitative estimate of drug-likeness (QED) is 0.301. The van der Waals surface area contributed by atoms with Gasteiger partial charge in [-0.05, 0) is 30.3 Å². The van der Waals surface area contributed by atoms with Crippen molar-refractivity contribution in [3.05, 3.63) is 77.6 Å². The molecular formula is C26H30Cl2N6S. The highest BCUT2D eigenvalue weighted by atomic mass is 35.5. The second kappa shape index (κ2) is 12.0. The maximum absolute atomic E-state index is 6.79. The summed E-state index contributed by atoms with van der Waals surface area (Å²) in [5.74, 6) is 0.668. The Kier molecular flexibility index (Phi) is 8.78. The smallest absolute Gasteiger partial charge is 0.166 e. The summed E-state index contributed by atoms with van der Waals surface area (Å²) in [6.07, 6.45) is 1.85. The Morgan fingerprint density at radius 2 is 1.74 bits per heavy atom. The number of rotatable bonds is 8. The molecule has 1 saturated heterocycles. The highest BCUT2D eigenvalue weighted by Crippen LogP contribution is 2.31. The first-order valence-electron chi connectivity index (χ1n) is 11.6. The summed E-state index contributed by atoms with van der Waals surface area (Å²) in [6, 6.07) is 20.7. The van der Waals surface area contributed by atoms with E-state index in [1.54, 1.807) is 11.8 Å². The Morgan fingerprint density at radius 3 is 2.51 bits per heavy atom. The highest BCUT2D eigenvalue weighted by Gasteiger charge is 2.18. The van der Waals surface area contributed by atoms with Gasteiger partial charge in [-0.3, -0.25) is 9.88 Å². The molecule has 5 rings (SSSR count). The van der Waals surface area contributed by atoms with E-state index < -0.39 is 0 Å². The number of benzene rings is 2. The molecule has 35 heavy (non-hydrogen) atoms. The number of hydrogen-bond acceptors (Lipinski definition) is 6. The molecule has 0 atom stereocenters. The minimum Gasteiger partial charge on any atom is -0.372 e. The summed E-state index contributed by atoms with van der Waals surface area (Å²) in [4.78, 5) is 19.8. The van der Waals surface area contributed by atoms with E-state index in [9.17, 15) is 0 Å². The van der Waals surface area contributed by atoms with Gasteiger partial charge in [0.2, 0.25) is 0 Å². The summed E-state index contributed by atoms with van der Waals surface area (Å²) >= 11 is 8.41. The number of thioether (sulfide) groups is 1. The first-order chi connectivity index (χ1) is 16.7. The van der Waals surface area contributed by atoms with Gasteiger partial charge in [0, 0.05) is 64.0 Å². The lowest BCUT2D eigenvalue weighted by Gasteiger charge is -2.37. The van der Waals surface area contributed by atoms with E-state index in [0.717, 1.165) is 71.9 Å². The lowest BCUT2D eigenvalue weighted by atomic mass is 10.2. The van der Waals surface area contributed by atoms with Gasteiger partial charge in [-0.2, -0.15) is 0 Å². The van der Waals surface area contributed by atoms with Crippen LogP contribution in [0.2, 0.25) is 5.02 Å². The van der Waals surface area contributed by atoms with E-state index in [2.05, 4.69) is 67.0 Å². The Bertz CT molecular complexity index is 1190. The zero-order valence-corrected chi connectivity index (χ0v) is 22.1. The first kappa shape index (κ1) is 25.6. The van der Waals surface area contributed by atoms with Crippen LogP contribution in [0.1, 0.15) is 5.69 Å². The maximum atomic E-state index is 6.79. The molecule has 0 aliphatic carbocycles. The van der Waals surface area contributed by atoms with E-state index in [-0.39, 0.29) is 12.4 Å². The molecule has 1 aliphatic heterocycles. The number of anilines is 2. The third-order valence-corrected chi connectivity index (χ3v) is 7.61. The number of fused-ring (bicyclic) bond motifs is 1. The average Bonchev–Trinajstić information content (AvgIpc) is 3.30. The van der Waals surface area contributed by atoms with Gasteiger partial charge >= 0.3 is 0 Å². The normalized spacial score (nSPS) is 14.2. The Balaban J connectivity index is 0.00000289. The molecule has 0 bridgehead atoms. The molecule has 6 nitrogen and oxygen atoms in total. The Morgan fingerprint density at radius 1 is 1.00 bits per heavy atom. The minimum atomic E-state index is 0. The number of nitrogens with zero attached hydrogens (tertiary/aromatic N) is 5. The largest absolute Gasteiger partial charge is 0.372 e. The predicted molar refractivity (Wildman–Crippen MR) is 151 cm³/mol. The van der Waals surface area contributed by atoms with Gasteiger partial charge in [0.1, 0.15) is 0 Å². The van der Waals surface area contributed by atoms with Crippen LogP contribution in [0.25, 0.3) is 11.0 Å². The summed E-state index contributed by atoms with van der Waals surface area (Å²) in [6.45, 7) is 6.21. The molecule has 1 N–H and O–H groups in total. The summed E-state index contributed by atoms with van der Waals surface area (Å²) in [7, 11) is 2.11. The van der Waals surface area contributed by atoms with Gasteiger partial charge in [-0.25, -0.2) is 4.98 Å². The molecule has 0 unspecified atom stereocenters. The van der Waals surface area contributed by atoms with Crippen molar-refractivity contribution in [2.24, 2.45) is 0 Å². The standard InChI is InChI=1S/C26H29ClN6S.ClH/c1-31(13-14-32-15-17-33(18-16-32)20-7-3-2-4-8-20)24-11-12-28-23(25(24)27)19-34-26-29-21-9-5-6-10-22(21)30-26;/h2-12H,13-19H2,1H3,(H,29,30);1H. The molecular weight excluding hydrogens is 499 g/mol. The molecule has 0 amide bonds. The molecule has 4 aromatic rings. The number of H-pyrrole nitrogens is 1. The molecule has 0 spiro atoms. The molecule has 1 aliphatic rings. The predicted octanol–water partition coefficient (Wildman–Crippen LogP) is 5.58. The maximum Gasteiger partial charge on any atom is 0.166 e. The van der Waals surface area contributed by atoms with E-state index >= 15 is 0 Å². The van der Waals surface area contributed by atoms with Gasteiger partial charge in [0.25, 0.3) is 0 Å². The van der Waals surface area contributed by atoms with Crippen LogP contribution >= 0.6 is 35.8 Å². The van der Waals surface area contributed by atoms with E-state index in [1.807, 2.05) is 36.5 Å². The van der Waals surface area contributed by atoms with E-state index in [4.69, 9.17) is 11.6 Å². The lowest BCUT2D eigenvalue weighted by molar-refractivity contribution is 0.263. The third kappa shape index (κ3) is 6.22. The number of aromatic nitrogens is 3. The summed E-state index contributed by atoms with van der Waals surface area (Å²) in [5.41, 5.74) is 5.24. The van der Waals surface area contributed by atoms with E-state index in [0.29, 0.717) is 5.75 Å². The number of nitrogens with one attached hydrogen (secondary N) is 1. The molecule has 3 heterocycles. The minimum absolute atomic E-state index is 0.